The van der Waals surface area contributed by atoms with Gasteiger partial charge in [0.15, 0.2) is 0 Å². The molecule has 0 bridgehead atoms. The molecule has 0 aromatic carbocycles. The number of ether oxygens (including phenoxy) is 2. The van der Waals surface area contributed by atoms with Crippen molar-refractivity contribution in [2.75, 3.05) is 26.2 Å². The van der Waals surface area contributed by atoms with Crippen LogP contribution in [0.5, 0.6) is 0 Å². The largest absolute Gasteiger partial charge is 0.444 e. The van der Waals surface area contributed by atoms with Crippen LogP contribution < -0.4 is 5.32 Å². The van der Waals surface area contributed by atoms with E-state index in [0.717, 1.165) is 19.4 Å². The van der Waals surface area contributed by atoms with Crippen LogP contribution in [-0.2, 0) is 14.3 Å². The molecule has 21 heavy (non-hydrogen) atoms. The lowest BCUT2D eigenvalue weighted by Crippen LogP contribution is -2.39. The molecule has 0 spiro atoms. The Morgan fingerprint density at radius 3 is 2.62 bits per heavy atom. The first-order chi connectivity index (χ1) is 9.81. The summed E-state index contributed by atoms with van der Waals surface area (Å²) in [6, 6.07) is 0. The van der Waals surface area contributed by atoms with Crippen molar-refractivity contribution in [2.24, 2.45) is 0 Å². The second kappa shape index (κ2) is 8.22. The summed E-state index contributed by atoms with van der Waals surface area (Å²) in [5.74, 6) is 0.0315. The van der Waals surface area contributed by atoms with Gasteiger partial charge in [-0.2, -0.15) is 0 Å². The molecule has 0 saturated carbocycles. The Morgan fingerprint density at radius 2 is 2.10 bits per heavy atom. The monoisotopic (exact) mass is 300 g/mol. The Balaban J connectivity index is 2.25. The van der Waals surface area contributed by atoms with Crippen molar-refractivity contribution in [3.8, 4) is 0 Å². The molecular weight excluding hydrogens is 272 g/mol. The number of carbonyl (C=O) groups is 2. The fourth-order valence-corrected chi connectivity index (χ4v) is 2.19. The van der Waals surface area contributed by atoms with Crippen LogP contribution in [0.15, 0.2) is 0 Å². The molecule has 2 amide bonds. The first-order valence-electron chi connectivity index (χ1n) is 7.68. The van der Waals surface area contributed by atoms with Crippen LogP contribution in [0.25, 0.3) is 0 Å². The summed E-state index contributed by atoms with van der Waals surface area (Å²) in [6.07, 6.45) is 2.03. The smallest absolute Gasteiger partial charge is 0.407 e. The molecule has 1 aliphatic heterocycles. The van der Waals surface area contributed by atoms with Gasteiger partial charge >= 0.3 is 6.09 Å². The number of rotatable bonds is 6. The normalized spacial score (nSPS) is 18.4. The molecule has 1 aliphatic rings. The third-order valence-electron chi connectivity index (χ3n) is 3.19. The van der Waals surface area contributed by atoms with E-state index >= 15 is 0 Å². The zero-order valence-electron chi connectivity index (χ0n) is 13.6. The molecule has 0 aromatic rings. The lowest BCUT2D eigenvalue weighted by atomic mass is 10.2. The Morgan fingerprint density at radius 1 is 1.38 bits per heavy atom. The van der Waals surface area contributed by atoms with E-state index in [1.54, 1.807) is 25.7 Å². The van der Waals surface area contributed by atoms with E-state index in [4.69, 9.17) is 9.47 Å². The Labute approximate surface area is 127 Å². The van der Waals surface area contributed by atoms with E-state index in [1.807, 2.05) is 6.92 Å². The van der Waals surface area contributed by atoms with Gasteiger partial charge < -0.3 is 19.7 Å². The minimum atomic E-state index is -0.524. The van der Waals surface area contributed by atoms with Crippen molar-refractivity contribution in [2.45, 2.75) is 58.7 Å². The highest BCUT2D eigenvalue weighted by molar-refractivity contribution is 5.77. The molecule has 1 heterocycles. The van der Waals surface area contributed by atoms with Gasteiger partial charge in [-0.1, -0.05) is 0 Å². The predicted octanol–water partition coefficient (Wildman–Crippen LogP) is 1.93. The molecule has 0 radical (unpaired) electrons. The van der Waals surface area contributed by atoms with Crippen LogP contribution in [0.3, 0.4) is 0 Å². The second-order valence-corrected chi connectivity index (χ2v) is 6.25. The second-order valence-electron chi connectivity index (χ2n) is 6.25. The van der Waals surface area contributed by atoms with Crippen LogP contribution in [0, 0.1) is 0 Å². The van der Waals surface area contributed by atoms with Crippen molar-refractivity contribution >= 4 is 12.0 Å². The van der Waals surface area contributed by atoms with Crippen LogP contribution in [-0.4, -0.2) is 54.8 Å². The first-order valence-corrected chi connectivity index (χ1v) is 7.68. The summed E-state index contributed by atoms with van der Waals surface area (Å²) in [5, 5.41) is 2.60. The number of likely N-dealkylation sites (N-methyl/N-ethyl adjacent to an activating group) is 1. The van der Waals surface area contributed by atoms with Crippen LogP contribution in [0.2, 0.25) is 0 Å². The standard InChI is InChI=1S/C15H28N2O4/c1-5-17(11-12-7-6-10-20-12)13(18)8-9-16-14(19)21-15(2,3)4/h12H,5-11H2,1-4H3,(H,16,19). The zero-order valence-corrected chi connectivity index (χ0v) is 13.6. The van der Waals surface area contributed by atoms with E-state index in [9.17, 15) is 9.59 Å². The minimum absolute atomic E-state index is 0.0315. The molecule has 0 aromatic heterocycles. The van der Waals surface area contributed by atoms with Crippen molar-refractivity contribution < 1.29 is 19.1 Å². The molecule has 1 fully saturated rings. The number of nitrogens with zero attached hydrogens (tertiary/aromatic N) is 1. The van der Waals surface area contributed by atoms with Crippen molar-refractivity contribution in [1.82, 2.24) is 10.2 Å². The van der Waals surface area contributed by atoms with Gasteiger partial charge in [0.05, 0.1) is 6.10 Å². The summed E-state index contributed by atoms with van der Waals surface area (Å²) in [6.45, 7) is 9.74. The molecule has 6 nitrogen and oxygen atoms in total. The average Bonchev–Trinajstić information content (AvgIpc) is 2.86. The molecule has 0 aliphatic carbocycles. The van der Waals surface area contributed by atoms with E-state index < -0.39 is 11.7 Å². The number of nitrogens with one attached hydrogen (secondary N) is 1. The number of hydrogen-bond acceptors (Lipinski definition) is 4. The fourth-order valence-electron chi connectivity index (χ4n) is 2.19. The lowest BCUT2D eigenvalue weighted by molar-refractivity contribution is -0.132. The number of hydrogen-bond donors (Lipinski definition) is 1. The minimum Gasteiger partial charge on any atom is -0.444 e. The summed E-state index contributed by atoms with van der Waals surface area (Å²) in [4.78, 5) is 25.4. The van der Waals surface area contributed by atoms with Crippen molar-refractivity contribution in [3.05, 3.63) is 0 Å². The molecule has 1 atom stereocenters. The Kier molecular flexibility index (Phi) is 6.95. The number of alkyl carbamates (subject to hydrolysis) is 1. The van der Waals surface area contributed by atoms with Gasteiger partial charge in [-0.05, 0) is 40.5 Å². The molecule has 1 rings (SSSR count). The van der Waals surface area contributed by atoms with E-state index in [0.29, 0.717) is 13.1 Å². The van der Waals surface area contributed by atoms with E-state index in [1.165, 1.54) is 0 Å². The highest BCUT2D eigenvalue weighted by Crippen LogP contribution is 2.13. The maximum absolute atomic E-state index is 12.1. The highest BCUT2D eigenvalue weighted by Gasteiger charge is 2.21. The van der Waals surface area contributed by atoms with Gasteiger partial charge in [-0.3, -0.25) is 4.79 Å². The van der Waals surface area contributed by atoms with Gasteiger partial charge in [0, 0.05) is 32.7 Å². The summed E-state index contributed by atoms with van der Waals surface area (Å²) in [7, 11) is 0. The molecule has 122 valence electrons. The lowest BCUT2D eigenvalue weighted by Gasteiger charge is -2.24. The predicted molar refractivity (Wildman–Crippen MR) is 80.1 cm³/mol. The van der Waals surface area contributed by atoms with Crippen LogP contribution in [0.4, 0.5) is 4.79 Å². The Hall–Kier alpha value is -1.30. The third-order valence-corrected chi connectivity index (χ3v) is 3.19. The van der Waals surface area contributed by atoms with Gasteiger partial charge in [0.25, 0.3) is 0 Å². The van der Waals surface area contributed by atoms with E-state index in [-0.39, 0.29) is 25.0 Å². The van der Waals surface area contributed by atoms with Crippen LogP contribution >= 0.6 is 0 Å². The summed E-state index contributed by atoms with van der Waals surface area (Å²) in [5.41, 5.74) is -0.524. The summed E-state index contributed by atoms with van der Waals surface area (Å²) >= 11 is 0. The van der Waals surface area contributed by atoms with Gasteiger partial charge in [0.1, 0.15) is 5.60 Å². The maximum atomic E-state index is 12.1. The topological polar surface area (TPSA) is 67.9 Å². The number of amides is 2. The molecule has 1 N–H and O–H groups in total. The van der Waals surface area contributed by atoms with Gasteiger partial charge in [0.2, 0.25) is 5.91 Å². The van der Waals surface area contributed by atoms with Crippen molar-refractivity contribution in [3.63, 3.8) is 0 Å². The zero-order chi connectivity index (χ0) is 15.9. The first kappa shape index (κ1) is 17.8. The van der Waals surface area contributed by atoms with Gasteiger partial charge in [-0.25, -0.2) is 4.79 Å². The molecule has 1 saturated heterocycles. The van der Waals surface area contributed by atoms with Gasteiger partial charge in [-0.15, -0.1) is 0 Å². The third kappa shape index (κ3) is 7.32. The molecule has 6 heteroatoms. The molecule has 1 unspecified atom stereocenters. The maximum Gasteiger partial charge on any atom is 0.407 e. The number of carbonyl (C=O) groups excluding carboxylic acids is 2. The quantitative estimate of drug-likeness (QED) is 0.814. The summed E-state index contributed by atoms with van der Waals surface area (Å²) < 4.78 is 10.7. The Bertz CT molecular complexity index is 346. The molecular formula is C15H28N2O4. The van der Waals surface area contributed by atoms with E-state index in [2.05, 4.69) is 5.32 Å². The average molecular weight is 300 g/mol. The van der Waals surface area contributed by atoms with Crippen LogP contribution in [0.1, 0.15) is 47.0 Å². The highest BCUT2D eigenvalue weighted by atomic mass is 16.6. The SMILES string of the molecule is CCN(CC1CCCO1)C(=O)CCNC(=O)OC(C)(C)C. The van der Waals surface area contributed by atoms with Crippen molar-refractivity contribution in [1.29, 1.82) is 0 Å². The fraction of sp³-hybridized carbons (Fsp3) is 0.867.